The van der Waals surface area contributed by atoms with Crippen molar-refractivity contribution in [2.75, 3.05) is 23.7 Å². The van der Waals surface area contributed by atoms with Crippen LogP contribution in [0.2, 0.25) is 0 Å². The van der Waals surface area contributed by atoms with Crippen LogP contribution in [-0.4, -0.2) is 73.7 Å². The topological polar surface area (TPSA) is 175 Å². The molecule has 1 aromatic heterocycles. The van der Waals surface area contributed by atoms with Gasteiger partial charge in [0.15, 0.2) is 0 Å². The number of carbonyl (C=O) groups excluding carboxylic acids is 1. The second-order valence-corrected chi connectivity index (χ2v) is 14.2. The number of benzene rings is 1. The lowest BCUT2D eigenvalue weighted by Crippen LogP contribution is -2.37. The zero-order chi connectivity index (χ0) is 30.1. The van der Waals surface area contributed by atoms with Gasteiger partial charge in [-0.05, 0) is 43.5 Å². The third-order valence-corrected chi connectivity index (χ3v) is 10.7. The summed E-state index contributed by atoms with van der Waals surface area (Å²) >= 11 is 8.34. The molecule has 3 N–H and O–H groups in total. The number of thiazole rings is 1. The Labute approximate surface area is 251 Å². The number of hydrogen-bond acceptors (Lipinski definition) is 11. The molecule has 0 spiro atoms. The summed E-state index contributed by atoms with van der Waals surface area (Å²) in [6.07, 6.45) is 2.48. The van der Waals surface area contributed by atoms with E-state index in [1.54, 1.807) is 13.0 Å². The van der Waals surface area contributed by atoms with Crippen LogP contribution < -0.4 is 19.7 Å². The van der Waals surface area contributed by atoms with Gasteiger partial charge in [0.2, 0.25) is 0 Å². The van der Waals surface area contributed by atoms with Crippen LogP contribution in [0, 0.1) is 0 Å². The molecule has 1 aromatic carbocycles. The van der Waals surface area contributed by atoms with Crippen LogP contribution in [0.4, 0.5) is 5.69 Å². The average Bonchev–Trinajstić information content (AvgIpc) is 3.48. The minimum Gasteiger partial charge on any atom is -0.480 e. The molecule has 3 heterocycles. The summed E-state index contributed by atoms with van der Waals surface area (Å²) < 4.78 is 32.5. The van der Waals surface area contributed by atoms with E-state index in [2.05, 4.69) is 0 Å². The molecule has 0 atom stereocenters. The standard InChI is InChI=1S/C24H23N3O9S5/c1-13(10-16-25(8-4-5-9-41(34,35)36)14-6-2-3-7-15(14)38-16)19-21(32)26(11-17(28)29)23(39-19)20-22(33)27(12-18(30)31)24(37)40-20/h2-3,6-7,10H,4-5,8-9,11-12H2,1H3,(H,28,29)(H,30,31)(H,34,35,36)/b16-10+,19-13-,23-20-. The number of carboxylic acid groups (broad SMARTS) is 2. The number of amides is 1. The maximum atomic E-state index is 13.4. The third kappa shape index (κ3) is 7.10. The molecule has 2 aromatic rings. The lowest BCUT2D eigenvalue weighted by molar-refractivity contribution is -0.140. The summed E-state index contributed by atoms with van der Waals surface area (Å²) in [4.78, 5) is 53.0. The Morgan fingerprint density at radius 2 is 1.71 bits per heavy atom. The number of fused-ring (bicyclic) bond motifs is 1. The SMILES string of the molecule is CC(/C=C1/Sc2ccccc2N1CCCCS(=O)(=O)O)=c1/s/c(=C2\SC(=S)N(CC(=O)O)C2=O)n(CC(=O)O)c1=O. The summed E-state index contributed by atoms with van der Waals surface area (Å²) in [5.74, 6) is -3.65. The zero-order valence-electron chi connectivity index (χ0n) is 21.3. The van der Waals surface area contributed by atoms with E-state index in [4.69, 9.17) is 21.9 Å². The number of aliphatic carboxylic acids is 2. The monoisotopic (exact) mass is 657 g/mol. The number of unbranched alkanes of at least 4 members (excludes halogenated alkanes) is 1. The molecule has 0 aliphatic carbocycles. The Kier molecular flexibility index (Phi) is 9.45. The Morgan fingerprint density at radius 3 is 2.37 bits per heavy atom. The molecule has 1 saturated heterocycles. The summed E-state index contributed by atoms with van der Waals surface area (Å²) in [6, 6.07) is 7.58. The quantitative estimate of drug-likeness (QED) is 0.190. The van der Waals surface area contributed by atoms with Gasteiger partial charge in [-0.2, -0.15) is 8.42 Å². The maximum absolute atomic E-state index is 13.4. The van der Waals surface area contributed by atoms with Crippen LogP contribution in [0.1, 0.15) is 19.8 Å². The van der Waals surface area contributed by atoms with Crippen LogP contribution in [0.5, 0.6) is 0 Å². The van der Waals surface area contributed by atoms with Gasteiger partial charge in [-0.3, -0.25) is 33.2 Å². The molecule has 0 bridgehead atoms. The predicted octanol–water partition coefficient (Wildman–Crippen LogP) is 1.34. The van der Waals surface area contributed by atoms with Crippen LogP contribution in [0.3, 0.4) is 0 Å². The van der Waals surface area contributed by atoms with E-state index in [0.29, 0.717) is 18.5 Å². The van der Waals surface area contributed by atoms with Gasteiger partial charge in [-0.25, -0.2) is 0 Å². The first-order valence-corrected chi connectivity index (χ1v) is 16.4. The van der Waals surface area contributed by atoms with Crippen molar-refractivity contribution in [1.29, 1.82) is 0 Å². The number of anilines is 1. The molecule has 0 unspecified atom stereocenters. The smallest absolute Gasteiger partial charge is 0.323 e. The fourth-order valence-electron chi connectivity index (χ4n) is 4.10. The number of thiocarbonyl (C=S) groups is 1. The Bertz CT molecular complexity index is 1780. The fraction of sp³-hybridized carbons (Fsp3) is 0.292. The second-order valence-electron chi connectivity index (χ2n) is 8.88. The van der Waals surface area contributed by atoms with E-state index in [-0.39, 0.29) is 30.6 Å². The van der Waals surface area contributed by atoms with Crippen molar-refractivity contribution in [2.24, 2.45) is 0 Å². The highest BCUT2D eigenvalue weighted by molar-refractivity contribution is 8.30. The highest BCUT2D eigenvalue weighted by atomic mass is 32.2. The number of aromatic nitrogens is 1. The average molecular weight is 658 g/mol. The maximum Gasteiger partial charge on any atom is 0.323 e. The Balaban J connectivity index is 1.80. The molecule has 4 rings (SSSR count). The molecule has 2 aliphatic rings. The molecular weight excluding hydrogens is 635 g/mol. The number of carbonyl (C=O) groups is 3. The molecule has 1 amide bonds. The second kappa shape index (κ2) is 12.5. The number of thioether (sulfide) groups is 2. The van der Waals surface area contributed by atoms with Crippen molar-refractivity contribution >= 4 is 95.5 Å². The molecule has 0 radical (unpaired) electrons. The number of hydrogen-bond donors (Lipinski definition) is 3. The normalized spacial score (nSPS) is 18.3. The Morgan fingerprint density at radius 1 is 1.02 bits per heavy atom. The van der Waals surface area contributed by atoms with E-state index in [1.807, 2.05) is 29.2 Å². The van der Waals surface area contributed by atoms with Crippen LogP contribution in [0.15, 0.2) is 45.1 Å². The number of allylic oxidation sites excluding steroid dienone is 1. The van der Waals surface area contributed by atoms with Crippen molar-refractivity contribution in [2.45, 2.75) is 31.2 Å². The number of nitrogens with zero attached hydrogens (tertiary/aromatic N) is 3. The first kappa shape index (κ1) is 31.0. The minimum absolute atomic E-state index is 0.00995. The van der Waals surface area contributed by atoms with Crippen molar-refractivity contribution in [1.82, 2.24) is 9.47 Å². The van der Waals surface area contributed by atoms with E-state index in [9.17, 15) is 32.7 Å². The summed E-state index contributed by atoms with van der Waals surface area (Å²) in [6.45, 7) is 0.755. The fourth-order valence-corrected chi connectivity index (χ4v) is 8.38. The minimum atomic E-state index is -4.08. The van der Waals surface area contributed by atoms with E-state index in [1.165, 1.54) is 11.8 Å². The summed E-state index contributed by atoms with van der Waals surface area (Å²) in [5, 5.41) is 19.3. The van der Waals surface area contributed by atoms with Crippen molar-refractivity contribution < 1.29 is 37.6 Å². The van der Waals surface area contributed by atoms with Crippen molar-refractivity contribution in [3.05, 3.63) is 54.9 Å². The zero-order valence-corrected chi connectivity index (χ0v) is 25.4. The highest BCUT2D eigenvalue weighted by Crippen LogP contribution is 2.46. The first-order chi connectivity index (χ1) is 19.3. The number of carboxylic acids is 2. The highest BCUT2D eigenvalue weighted by Gasteiger charge is 2.35. The van der Waals surface area contributed by atoms with Crippen LogP contribution >= 0.6 is 47.1 Å². The summed E-state index contributed by atoms with van der Waals surface area (Å²) in [5.41, 5.74) is 0.782. The van der Waals surface area contributed by atoms with Crippen LogP contribution in [0.25, 0.3) is 10.5 Å². The van der Waals surface area contributed by atoms with Gasteiger partial charge in [0, 0.05) is 11.4 Å². The van der Waals surface area contributed by atoms with E-state index < -0.39 is 46.6 Å². The van der Waals surface area contributed by atoms with Gasteiger partial charge in [0.25, 0.3) is 21.6 Å². The molecule has 17 heteroatoms. The van der Waals surface area contributed by atoms with Gasteiger partial charge in [-0.15, -0.1) is 11.3 Å². The predicted molar refractivity (Wildman–Crippen MR) is 161 cm³/mol. The largest absolute Gasteiger partial charge is 0.480 e. The Hall–Kier alpha value is -2.96. The van der Waals surface area contributed by atoms with Gasteiger partial charge >= 0.3 is 11.9 Å². The lowest BCUT2D eigenvalue weighted by Gasteiger charge is -2.20. The van der Waals surface area contributed by atoms with Crippen molar-refractivity contribution in [3.8, 4) is 0 Å². The molecule has 1 fully saturated rings. The number of para-hydroxylation sites is 1. The third-order valence-electron chi connectivity index (χ3n) is 5.88. The summed E-state index contributed by atoms with van der Waals surface area (Å²) in [7, 11) is -4.08. The van der Waals surface area contributed by atoms with Gasteiger partial charge < -0.3 is 15.1 Å². The molecule has 12 nitrogen and oxygen atoms in total. The van der Waals surface area contributed by atoms with Crippen molar-refractivity contribution in [3.63, 3.8) is 0 Å². The van der Waals surface area contributed by atoms with Gasteiger partial charge in [0.05, 0.1) is 21.0 Å². The molecular formula is C24H23N3O9S5. The van der Waals surface area contributed by atoms with Gasteiger partial charge in [-0.1, -0.05) is 47.9 Å². The number of rotatable bonds is 10. The lowest BCUT2D eigenvalue weighted by atomic mass is 10.2. The van der Waals surface area contributed by atoms with Gasteiger partial charge in [0.1, 0.15) is 27.0 Å². The molecule has 41 heavy (non-hydrogen) atoms. The first-order valence-electron chi connectivity index (χ1n) is 11.9. The molecule has 0 saturated carbocycles. The van der Waals surface area contributed by atoms with E-state index in [0.717, 1.165) is 48.2 Å². The molecule has 2 aliphatic heterocycles. The van der Waals surface area contributed by atoms with Crippen LogP contribution in [-0.2, 0) is 31.0 Å². The van der Waals surface area contributed by atoms with E-state index >= 15 is 0 Å². The molecule has 218 valence electrons.